The second kappa shape index (κ2) is 13.9. The third-order valence-corrected chi connectivity index (χ3v) is 9.89. The standard InChI is InChI=1S/C31H27Cl2N7O7S/c1-4-25(48(45,46)26-12-13-39(36-26)19-8-6-5-7-9-19)30(43)34-21-16-24(41)22(35-29(42)18-11-10-17(2)20(32)14-18)15-23(21)40-37-27(28(33)38-40)31(44)47-3/h5-16,25,41H,4H2,1-3H3,(H,34,43)(H,35,42). The van der Waals surface area contributed by atoms with E-state index in [0.717, 1.165) is 23.5 Å². The van der Waals surface area contributed by atoms with Crippen LogP contribution in [0, 0.1) is 6.92 Å². The number of anilines is 2. The minimum atomic E-state index is -4.32. The number of aromatic nitrogens is 5. The van der Waals surface area contributed by atoms with E-state index in [0.29, 0.717) is 10.7 Å². The number of halogens is 2. The van der Waals surface area contributed by atoms with Gasteiger partial charge in [0.25, 0.3) is 5.91 Å². The molecule has 14 nitrogen and oxygen atoms in total. The fourth-order valence-electron chi connectivity index (χ4n) is 4.58. The van der Waals surface area contributed by atoms with Gasteiger partial charge in [-0.1, -0.05) is 54.4 Å². The summed E-state index contributed by atoms with van der Waals surface area (Å²) in [6, 6.07) is 17.0. The van der Waals surface area contributed by atoms with Crippen molar-refractivity contribution in [1.29, 1.82) is 0 Å². The Morgan fingerprint density at radius 3 is 2.35 bits per heavy atom. The minimum absolute atomic E-state index is 0.101. The van der Waals surface area contributed by atoms with Gasteiger partial charge in [-0.05, 0) is 55.3 Å². The average Bonchev–Trinajstić information content (AvgIpc) is 3.72. The number of esters is 1. The van der Waals surface area contributed by atoms with E-state index in [2.05, 4.69) is 30.7 Å². The number of carbonyl (C=O) groups is 3. The first-order valence-corrected chi connectivity index (χ1v) is 16.5. The zero-order valence-electron chi connectivity index (χ0n) is 25.5. The molecule has 48 heavy (non-hydrogen) atoms. The number of rotatable bonds is 10. The summed E-state index contributed by atoms with van der Waals surface area (Å²) in [6.45, 7) is 3.29. The first-order valence-electron chi connectivity index (χ1n) is 14.2. The van der Waals surface area contributed by atoms with Crippen LogP contribution in [0.4, 0.5) is 11.4 Å². The van der Waals surface area contributed by atoms with Crippen molar-refractivity contribution in [3.8, 4) is 17.1 Å². The molecule has 0 spiro atoms. The summed E-state index contributed by atoms with van der Waals surface area (Å²) in [5, 5.41) is 26.3. The van der Waals surface area contributed by atoms with Crippen molar-refractivity contribution in [2.24, 2.45) is 0 Å². The molecular formula is C31H27Cl2N7O7S. The van der Waals surface area contributed by atoms with E-state index in [9.17, 15) is 27.9 Å². The Labute approximate surface area is 284 Å². The van der Waals surface area contributed by atoms with Gasteiger partial charge in [-0.3, -0.25) is 9.59 Å². The molecule has 0 aliphatic heterocycles. The maximum absolute atomic E-state index is 13.6. The summed E-state index contributed by atoms with van der Waals surface area (Å²) in [5.74, 6) is -3.02. The van der Waals surface area contributed by atoms with Gasteiger partial charge >= 0.3 is 5.97 Å². The summed E-state index contributed by atoms with van der Waals surface area (Å²) >= 11 is 12.3. The van der Waals surface area contributed by atoms with Crippen LogP contribution < -0.4 is 10.6 Å². The maximum Gasteiger partial charge on any atom is 0.361 e. The van der Waals surface area contributed by atoms with E-state index in [-0.39, 0.29) is 44.9 Å². The fourth-order valence-corrected chi connectivity index (χ4v) is 6.47. The number of benzene rings is 3. The summed E-state index contributed by atoms with van der Waals surface area (Å²) in [5.41, 5.74) is 0.750. The number of hydrogen-bond acceptors (Lipinski definition) is 10. The largest absolute Gasteiger partial charge is 0.506 e. The number of aromatic hydroxyl groups is 1. The molecule has 0 saturated carbocycles. The van der Waals surface area contributed by atoms with Gasteiger partial charge in [-0.15, -0.1) is 15.0 Å². The van der Waals surface area contributed by atoms with Gasteiger partial charge in [-0.25, -0.2) is 17.9 Å². The smallest absolute Gasteiger partial charge is 0.361 e. The molecule has 0 saturated heterocycles. The molecule has 1 unspecified atom stereocenters. The molecule has 3 aromatic carbocycles. The van der Waals surface area contributed by atoms with Crippen LogP contribution in [0.3, 0.4) is 0 Å². The lowest BCUT2D eigenvalue weighted by Crippen LogP contribution is -2.35. The lowest BCUT2D eigenvalue weighted by molar-refractivity contribution is -0.115. The summed E-state index contributed by atoms with van der Waals surface area (Å²) < 4.78 is 33.3. The van der Waals surface area contributed by atoms with Crippen LogP contribution in [-0.4, -0.2) is 68.4 Å². The first kappa shape index (κ1) is 34.1. The summed E-state index contributed by atoms with van der Waals surface area (Å²) in [4.78, 5) is 39.7. The molecule has 3 N–H and O–H groups in total. The number of phenolic OH excluding ortho intramolecular Hbond substituents is 1. The highest BCUT2D eigenvalue weighted by Crippen LogP contribution is 2.34. The predicted octanol–water partition coefficient (Wildman–Crippen LogP) is 5.00. The van der Waals surface area contributed by atoms with Gasteiger partial charge in [0, 0.05) is 22.8 Å². The average molecular weight is 713 g/mol. The number of ether oxygens (including phenoxy) is 1. The lowest BCUT2D eigenvalue weighted by Gasteiger charge is -2.18. The van der Waals surface area contributed by atoms with Gasteiger partial charge in [0.1, 0.15) is 16.7 Å². The highest BCUT2D eigenvalue weighted by molar-refractivity contribution is 7.92. The SMILES string of the molecule is CCC(C(=O)Nc1cc(O)c(NC(=O)c2ccc(C)c(Cl)c2)cc1-n1nc(Cl)c(C(=O)OC)n1)S(=O)(=O)c1ccn(-c2ccccc2)n1. The van der Waals surface area contributed by atoms with E-state index in [1.807, 2.05) is 0 Å². The van der Waals surface area contributed by atoms with Gasteiger partial charge < -0.3 is 20.5 Å². The molecule has 2 amide bonds. The number of nitrogens with one attached hydrogen (secondary N) is 2. The lowest BCUT2D eigenvalue weighted by atomic mass is 10.1. The van der Waals surface area contributed by atoms with Crippen molar-refractivity contribution in [2.75, 3.05) is 17.7 Å². The van der Waals surface area contributed by atoms with Crippen molar-refractivity contribution in [3.63, 3.8) is 0 Å². The molecule has 1 atom stereocenters. The molecule has 17 heteroatoms. The zero-order valence-corrected chi connectivity index (χ0v) is 27.8. The van der Waals surface area contributed by atoms with Gasteiger partial charge in [0.05, 0.1) is 24.2 Å². The highest BCUT2D eigenvalue weighted by Gasteiger charge is 2.35. The van der Waals surface area contributed by atoms with Crippen LogP contribution in [0.15, 0.2) is 78.0 Å². The quantitative estimate of drug-likeness (QED) is 0.131. The molecule has 0 radical (unpaired) electrons. The van der Waals surface area contributed by atoms with Crippen molar-refractivity contribution >= 4 is 62.2 Å². The van der Waals surface area contributed by atoms with E-state index in [1.165, 1.54) is 42.1 Å². The Balaban J connectivity index is 1.51. The summed E-state index contributed by atoms with van der Waals surface area (Å²) in [6.07, 6.45) is 1.33. The number of para-hydroxylation sites is 1. The third kappa shape index (κ3) is 6.88. The molecule has 5 aromatic rings. The Kier molecular flexibility index (Phi) is 9.84. The molecule has 0 aliphatic rings. The molecule has 2 heterocycles. The molecule has 0 fully saturated rings. The van der Waals surface area contributed by atoms with Crippen LogP contribution >= 0.6 is 23.2 Å². The van der Waals surface area contributed by atoms with Crippen LogP contribution in [-0.2, 0) is 19.4 Å². The highest BCUT2D eigenvalue weighted by atomic mass is 35.5. The van der Waals surface area contributed by atoms with Gasteiger partial charge in [-0.2, -0.15) is 5.10 Å². The van der Waals surface area contributed by atoms with Crippen molar-refractivity contribution in [3.05, 3.63) is 99.9 Å². The number of nitrogens with zero attached hydrogens (tertiary/aromatic N) is 5. The number of methoxy groups -OCH3 is 1. The molecule has 0 bridgehead atoms. The Hall–Kier alpha value is -5.25. The van der Waals surface area contributed by atoms with Crippen LogP contribution in [0.2, 0.25) is 10.2 Å². The Morgan fingerprint density at radius 2 is 1.69 bits per heavy atom. The first-order chi connectivity index (χ1) is 22.8. The number of aryl methyl sites for hydroxylation is 1. The Morgan fingerprint density at radius 1 is 0.958 bits per heavy atom. The van der Waals surface area contributed by atoms with Crippen LogP contribution in [0.25, 0.3) is 11.4 Å². The Bertz CT molecular complexity index is 2150. The predicted molar refractivity (Wildman–Crippen MR) is 177 cm³/mol. The monoisotopic (exact) mass is 711 g/mol. The number of amides is 2. The van der Waals surface area contributed by atoms with Crippen molar-refractivity contribution in [2.45, 2.75) is 30.5 Å². The molecule has 0 aliphatic carbocycles. The second-order valence-corrected chi connectivity index (χ2v) is 13.1. The maximum atomic E-state index is 13.6. The van der Waals surface area contributed by atoms with E-state index >= 15 is 0 Å². The number of sulfone groups is 1. The molecule has 2 aromatic heterocycles. The van der Waals surface area contributed by atoms with Crippen molar-refractivity contribution in [1.82, 2.24) is 24.8 Å². The normalized spacial score (nSPS) is 11.9. The third-order valence-electron chi connectivity index (χ3n) is 7.14. The molecular weight excluding hydrogens is 685 g/mol. The van der Waals surface area contributed by atoms with E-state index in [4.69, 9.17) is 23.2 Å². The van der Waals surface area contributed by atoms with Gasteiger partial charge in [0.15, 0.2) is 10.2 Å². The zero-order chi connectivity index (χ0) is 34.7. The number of phenols is 1. The number of hydrogen-bond donors (Lipinski definition) is 3. The molecule has 5 rings (SSSR count). The van der Waals surface area contributed by atoms with Gasteiger partial charge in [0.2, 0.25) is 21.4 Å². The van der Waals surface area contributed by atoms with E-state index in [1.54, 1.807) is 43.3 Å². The van der Waals surface area contributed by atoms with E-state index < -0.39 is 38.6 Å². The summed E-state index contributed by atoms with van der Waals surface area (Å²) in [7, 11) is -3.20. The minimum Gasteiger partial charge on any atom is -0.506 e. The van der Waals surface area contributed by atoms with Crippen LogP contribution in [0.1, 0.15) is 39.8 Å². The van der Waals surface area contributed by atoms with Crippen LogP contribution in [0.5, 0.6) is 5.75 Å². The topological polar surface area (TPSA) is 187 Å². The van der Waals surface area contributed by atoms with Crippen molar-refractivity contribution < 1.29 is 32.6 Å². The molecule has 248 valence electrons. The number of carbonyl (C=O) groups excluding carboxylic acids is 3. The fraction of sp³-hybridized carbons (Fsp3) is 0.161. The second-order valence-electron chi connectivity index (χ2n) is 10.3.